The second-order valence-corrected chi connectivity index (χ2v) is 7.45. The van der Waals surface area contributed by atoms with Gasteiger partial charge in [0.25, 0.3) is 0 Å². The molecule has 0 saturated carbocycles. The van der Waals surface area contributed by atoms with Gasteiger partial charge in [0.15, 0.2) is 6.79 Å². The molecule has 0 bridgehead atoms. The van der Waals surface area contributed by atoms with E-state index in [1.807, 2.05) is 19.9 Å². The number of fused-ring (bicyclic) bond motifs is 1. The van der Waals surface area contributed by atoms with Crippen LogP contribution in [0.5, 0.6) is 17.2 Å². The lowest BCUT2D eigenvalue weighted by atomic mass is 10.0. The quantitative estimate of drug-likeness (QED) is 0.239. The summed E-state index contributed by atoms with van der Waals surface area (Å²) in [5, 5.41) is 1.66. The van der Waals surface area contributed by atoms with Gasteiger partial charge in [0.05, 0.1) is 29.1 Å². The van der Waals surface area contributed by atoms with Gasteiger partial charge in [-0.15, -0.1) is 0 Å². The van der Waals surface area contributed by atoms with Crippen LogP contribution in [0.15, 0.2) is 16.6 Å². The number of carbonyl (C=O) groups is 1. The summed E-state index contributed by atoms with van der Waals surface area (Å²) in [5.41, 5.74) is 0.658. The van der Waals surface area contributed by atoms with Gasteiger partial charge in [-0.1, -0.05) is 31.4 Å². The zero-order chi connectivity index (χ0) is 21.6. The molecular weight excluding hydrogens is 464 g/mol. The molecule has 6 nitrogen and oxygen atoms in total. The highest BCUT2D eigenvalue weighted by atomic mass is 79.9. The molecule has 0 unspecified atom stereocenters. The molecule has 0 atom stereocenters. The van der Waals surface area contributed by atoms with Crippen LogP contribution in [0.4, 0.5) is 0 Å². The van der Waals surface area contributed by atoms with Crippen LogP contribution in [-0.2, 0) is 20.9 Å². The number of benzene rings is 2. The maximum atomic E-state index is 11.9. The fourth-order valence-electron chi connectivity index (χ4n) is 2.59. The molecule has 0 saturated heterocycles. The lowest BCUT2D eigenvalue weighted by molar-refractivity contribution is -0.137. The number of ether oxygens (including phenoxy) is 5. The van der Waals surface area contributed by atoms with Crippen molar-refractivity contribution < 1.29 is 28.5 Å². The Morgan fingerprint density at radius 3 is 2.48 bits per heavy atom. The number of rotatable bonds is 7. The van der Waals surface area contributed by atoms with Crippen molar-refractivity contribution in [1.82, 2.24) is 0 Å². The van der Waals surface area contributed by atoms with E-state index in [4.69, 9.17) is 35.3 Å². The normalized spacial score (nSPS) is 10.5. The topological polar surface area (TPSA) is 63.2 Å². The highest BCUT2D eigenvalue weighted by molar-refractivity contribution is 9.10. The average Bonchev–Trinajstić information content (AvgIpc) is 2.69. The molecule has 0 amide bonds. The summed E-state index contributed by atoms with van der Waals surface area (Å²) < 4.78 is 27.7. The zero-order valence-electron chi connectivity index (χ0n) is 16.9. The Labute approximate surface area is 183 Å². The first kappa shape index (κ1) is 23.1. The molecule has 2 aromatic rings. The fourth-order valence-corrected chi connectivity index (χ4v) is 3.41. The van der Waals surface area contributed by atoms with Gasteiger partial charge in [0.1, 0.15) is 23.9 Å². The first-order valence-corrected chi connectivity index (χ1v) is 9.86. The third kappa shape index (κ3) is 5.47. The van der Waals surface area contributed by atoms with Crippen LogP contribution in [0.1, 0.15) is 19.4 Å². The molecule has 0 aliphatic carbocycles. The highest BCUT2D eigenvalue weighted by Gasteiger charge is 2.22. The molecule has 2 aromatic carbocycles. The minimum atomic E-state index is -0.606. The Morgan fingerprint density at radius 1 is 1.17 bits per heavy atom. The molecule has 0 aromatic heterocycles. The molecule has 0 aliphatic heterocycles. The maximum Gasteiger partial charge on any atom is 0.384 e. The monoisotopic (exact) mass is 484 g/mol. The van der Waals surface area contributed by atoms with E-state index >= 15 is 0 Å². The van der Waals surface area contributed by atoms with Gasteiger partial charge in [-0.3, -0.25) is 0 Å². The Hall–Kier alpha value is -2.14. The van der Waals surface area contributed by atoms with E-state index in [9.17, 15) is 4.79 Å². The van der Waals surface area contributed by atoms with Crippen LogP contribution >= 0.6 is 27.5 Å². The largest absolute Gasteiger partial charge is 0.496 e. The molecule has 0 spiro atoms. The van der Waals surface area contributed by atoms with Crippen molar-refractivity contribution in [1.29, 1.82) is 0 Å². The zero-order valence-corrected chi connectivity index (χ0v) is 19.2. The van der Waals surface area contributed by atoms with Crippen molar-refractivity contribution in [3.05, 3.63) is 27.2 Å². The highest BCUT2D eigenvalue weighted by Crippen LogP contribution is 2.48. The van der Waals surface area contributed by atoms with Crippen molar-refractivity contribution in [2.75, 3.05) is 28.1 Å². The minimum absolute atomic E-state index is 0.00517. The standard InChI is InChI=1S/C21H22BrClO6/c1-12(2)6-7-17(24)28-10-13-8-14-16(26-4)9-15(23)20(27-5)18(14)21(19(13)22)29-11-25-3/h8-9,12H,10-11H2,1-5H3. The number of carbonyl (C=O) groups excluding carboxylic acids is 1. The average molecular weight is 486 g/mol. The summed E-state index contributed by atoms with van der Waals surface area (Å²) in [6.45, 7) is 3.77. The first-order valence-electron chi connectivity index (χ1n) is 8.69. The van der Waals surface area contributed by atoms with E-state index in [1.54, 1.807) is 6.07 Å². The maximum absolute atomic E-state index is 11.9. The Bertz CT molecular complexity index is 962. The second kappa shape index (κ2) is 10.6. The van der Waals surface area contributed by atoms with E-state index in [-0.39, 0.29) is 19.3 Å². The number of esters is 1. The summed E-state index contributed by atoms with van der Waals surface area (Å²) in [5.74, 6) is 6.09. The third-order valence-corrected chi connectivity index (χ3v) is 4.98. The lowest BCUT2D eigenvalue weighted by Gasteiger charge is -2.19. The van der Waals surface area contributed by atoms with Crippen molar-refractivity contribution in [2.45, 2.75) is 20.5 Å². The molecule has 0 aliphatic rings. The number of hydrogen-bond acceptors (Lipinski definition) is 6. The molecule has 0 N–H and O–H groups in total. The van der Waals surface area contributed by atoms with Gasteiger partial charge in [-0.05, 0) is 22.0 Å². The van der Waals surface area contributed by atoms with Gasteiger partial charge in [-0.2, -0.15) is 0 Å². The van der Waals surface area contributed by atoms with Crippen LogP contribution < -0.4 is 14.2 Å². The van der Waals surface area contributed by atoms with E-state index in [0.29, 0.717) is 43.1 Å². The van der Waals surface area contributed by atoms with Gasteiger partial charge >= 0.3 is 5.97 Å². The van der Waals surface area contributed by atoms with E-state index in [0.717, 1.165) is 0 Å². The predicted molar refractivity (Wildman–Crippen MR) is 115 cm³/mol. The number of methoxy groups -OCH3 is 3. The number of hydrogen-bond donors (Lipinski definition) is 0. The van der Waals surface area contributed by atoms with E-state index in [2.05, 4.69) is 27.8 Å². The van der Waals surface area contributed by atoms with Gasteiger partial charge in [-0.25, -0.2) is 4.79 Å². The molecule has 29 heavy (non-hydrogen) atoms. The predicted octanol–water partition coefficient (Wildman–Crippen LogP) is 4.96. The molecule has 156 valence electrons. The van der Waals surface area contributed by atoms with Crippen molar-refractivity contribution in [3.63, 3.8) is 0 Å². The summed E-state index contributed by atoms with van der Waals surface area (Å²) in [4.78, 5) is 11.9. The first-order chi connectivity index (χ1) is 13.8. The summed E-state index contributed by atoms with van der Waals surface area (Å²) in [6, 6.07) is 3.47. The van der Waals surface area contributed by atoms with Crippen LogP contribution in [0.25, 0.3) is 10.8 Å². The summed E-state index contributed by atoms with van der Waals surface area (Å²) in [7, 11) is 4.57. The van der Waals surface area contributed by atoms with Gasteiger partial charge in [0.2, 0.25) is 0 Å². The third-order valence-electron chi connectivity index (χ3n) is 3.83. The van der Waals surface area contributed by atoms with Crippen LogP contribution in [-0.4, -0.2) is 34.1 Å². The van der Waals surface area contributed by atoms with Crippen LogP contribution in [0, 0.1) is 17.8 Å². The van der Waals surface area contributed by atoms with Gasteiger partial charge in [0, 0.05) is 36.0 Å². The fraction of sp³-hybridized carbons (Fsp3) is 0.381. The molecular formula is C21H22BrClO6. The smallest absolute Gasteiger partial charge is 0.384 e. The van der Waals surface area contributed by atoms with Crippen molar-refractivity contribution in [2.24, 2.45) is 5.92 Å². The lowest BCUT2D eigenvalue weighted by Crippen LogP contribution is -2.06. The molecule has 0 fully saturated rings. The molecule has 0 radical (unpaired) electrons. The van der Waals surface area contributed by atoms with Gasteiger partial charge < -0.3 is 23.7 Å². The minimum Gasteiger partial charge on any atom is -0.496 e. The molecule has 0 heterocycles. The Kier molecular flexibility index (Phi) is 8.45. The van der Waals surface area contributed by atoms with E-state index < -0.39 is 5.97 Å². The Balaban J connectivity index is 2.60. The molecule has 8 heteroatoms. The summed E-state index contributed by atoms with van der Waals surface area (Å²) in [6.07, 6.45) is 0. The second-order valence-electron chi connectivity index (χ2n) is 6.25. The summed E-state index contributed by atoms with van der Waals surface area (Å²) >= 11 is 9.89. The van der Waals surface area contributed by atoms with Crippen LogP contribution in [0.3, 0.4) is 0 Å². The number of halogens is 2. The van der Waals surface area contributed by atoms with E-state index in [1.165, 1.54) is 21.3 Å². The van der Waals surface area contributed by atoms with Crippen molar-refractivity contribution >= 4 is 44.3 Å². The SMILES string of the molecule is COCOc1c(Br)c(COC(=O)C#CC(C)C)cc2c(OC)cc(Cl)c(OC)c12. The van der Waals surface area contributed by atoms with Crippen LogP contribution in [0.2, 0.25) is 5.02 Å². The van der Waals surface area contributed by atoms with Crippen molar-refractivity contribution in [3.8, 4) is 29.1 Å². The molecule has 2 rings (SSSR count). The Morgan fingerprint density at radius 2 is 1.90 bits per heavy atom.